The van der Waals surface area contributed by atoms with Crippen LogP contribution in [0.4, 0.5) is 0 Å². The predicted molar refractivity (Wildman–Crippen MR) is 168 cm³/mol. The molecular weight excluding hydrogens is 935 g/mol. The van der Waals surface area contributed by atoms with Crippen molar-refractivity contribution in [1.29, 1.82) is 0 Å². The van der Waals surface area contributed by atoms with Crippen molar-refractivity contribution in [1.82, 2.24) is 0 Å². The van der Waals surface area contributed by atoms with Crippen LogP contribution in [0.15, 0.2) is 0 Å². The Labute approximate surface area is 227 Å². The van der Waals surface area contributed by atoms with Gasteiger partial charge in [-0.1, -0.05) is 162 Å². The third-order valence-corrected chi connectivity index (χ3v) is 154. The van der Waals surface area contributed by atoms with Crippen LogP contribution < -0.4 is 0 Å². The molecule has 0 saturated heterocycles. The first-order valence-electron chi connectivity index (χ1n) is 10.8. The van der Waals surface area contributed by atoms with Gasteiger partial charge in [-0.05, 0) is 16.6 Å². The smallest absolute Gasteiger partial charge is 0.109 e. The molecule has 0 aromatic rings. The van der Waals surface area contributed by atoms with Crippen molar-refractivity contribution in [2.24, 2.45) is 0 Å². The average Bonchev–Trinajstić information content (AvgIpc) is 2.64. The highest BCUT2D eigenvalue weighted by Crippen LogP contribution is 2.67. The molecule has 3 saturated carbocycles. The number of hydrogen-bond donors (Lipinski definition) is 0. The van der Waals surface area contributed by atoms with E-state index in [9.17, 15) is 0 Å². The summed E-state index contributed by atoms with van der Waals surface area (Å²) in [7, 11) is -1.30. The van der Waals surface area contributed by atoms with Gasteiger partial charge in [-0.3, -0.25) is 0 Å². The zero-order valence-corrected chi connectivity index (χ0v) is 29.5. The zero-order chi connectivity index (χ0) is 18.8. The molecule has 26 heavy (non-hydrogen) atoms. The highest BCUT2D eigenvalue weighted by Gasteiger charge is 2.70. The molecule has 152 valence electrons. The fourth-order valence-electron chi connectivity index (χ4n) is 6.76. The van der Waals surface area contributed by atoms with E-state index in [1.807, 2.05) is 0 Å². The van der Waals surface area contributed by atoms with Crippen LogP contribution in [-0.2, 0) is 0 Å². The van der Waals surface area contributed by atoms with Crippen LogP contribution in [0.5, 0.6) is 0 Å². The van der Waals surface area contributed by atoms with E-state index in [1.54, 1.807) is 77.0 Å². The Hall–Kier alpha value is 4.30. The molecule has 0 aromatic heterocycles. The molecule has 0 atom stereocenters. The molecule has 3 aliphatic carbocycles. The normalized spacial score (nSPS) is 26.2. The van der Waals surface area contributed by atoms with Crippen LogP contribution in [0.3, 0.4) is 0 Å². The third kappa shape index (κ3) is 5.10. The zero-order valence-electron chi connectivity index (χ0n) is 15.7. The highest BCUT2D eigenvalue weighted by molar-refractivity contribution is 14.4. The molecule has 0 spiro atoms. The Kier molecular flexibility index (Phi) is 10.5. The fraction of sp³-hybridized carbons (Fsp3) is 1.00. The molecule has 0 unspecified atom stereocenters. The second kappa shape index (κ2) is 10.9. The molecule has 8 heteroatoms. The Morgan fingerprint density at radius 2 is 0.692 bits per heavy atom. The van der Waals surface area contributed by atoms with Crippen molar-refractivity contribution in [2.75, 3.05) is 0 Å². The van der Waals surface area contributed by atoms with Crippen LogP contribution in [0, 0.1) is 0 Å². The SMILES string of the molecule is I[Si](I)(I)[Si](I)(I)[Si](C1CCCCC1)(C1CCCCC1)C1CCCCC1. The molecule has 3 aliphatic rings. The average molecular weight is 968 g/mol. The summed E-state index contributed by atoms with van der Waals surface area (Å²) < 4.78 is -2.46. The van der Waals surface area contributed by atoms with Gasteiger partial charge in [0, 0.05) is 0 Å². The van der Waals surface area contributed by atoms with E-state index in [-0.39, 0.29) is 0 Å². The Morgan fingerprint density at radius 1 is 0.423 bits per heavy atom. The number of hydrogen-bond acceptors (Lipinski definition) is 0. The first-order chi connectivity index (χ1) is 12.3. The van der Waals surface area contributed by atoms with E-state index < -0.39 is 9.77 Å². The number of rotatable bonds is 5. The van der Waals surface area contributed by atoms with Gasteiger partial charge in [-0.2, -0.15) is 0 Å². The lowest BCUT2D eigenvalue weighted by atomic mass is 9.98. The first kappa shape index (κ1) is 24.9. The van der Waals surface area contributed by atoms with Crippen LogP contribution in [0.25, 0.3) is 0 Å². The van der Waals surface area contributed by atoms with Crippen LogP contribution in [-0.4, -0.2) is 9.77 Å². The Bertz CT molecular complexity index is 405. The van der Waals surface area contributed by atoms with Crippen LogP contribution >= 0.6 is 109 Å². The third-order valence-electron chi connectivity index (χ3n) is 7.74. The van der Waals surface area contributed by atoms with Gasteiger partial charge in [0.05, 0.1) is 7.59 Å². The van der Waals surface area contributed by atoms with Gasteiger partial charge in [-0.25, -0.2) is 0 Å². The van der Waals surface area contributed by atoms with Crippen LogP contribution in [0.1, 0.15) is 96.3 Å². The summed E-state index contributed by atoms with van der Waals surface area (Å²) in [5.74, 6) is 0. The van der Waals surface area contributed by atoms with Crippen LogP contribution in [0.2, 0.25) is 16.6 Å². The van der Waals surface area contributed by atoms with E-state index in [2.05, 4.69) is 109 Å². The molecule has 0 aliphatic heterocycles. The number of halogens is 5. The lowest BCUT2D eigenvalue weighted by Gasteiger charge is -2.59. The topological polar surface area (TPSA) is 0 Å². The molecule has 0 heterocycles. The Morgan fingerprint density at radius 3 is 0.923 bits per heavy atom. The van der Waals surface area contributed by atoms with Crippen molar-refractivity contribution in [3.05, 3.63) is 0 Å². The van der Waals surface area contributed by atoms with Crippen molar-refractivity contribution >= 4 is 119 Å². The summed E-state index contributed by atoms with van der Waals surface area (Å²) in [6.07, 6.45) is 23.8. The van der Waals surface area contributed by atoms with Crippen molar-refractivity contribution in [3.8, 4) is 0 Å². The van der Waals surface area contributed by atoms with Gasteiger partial charge < -0.3 is 0 Å². The summed E-state index contributed by atoms with van der Waals surface area (Å²) in [5, 5.41) is 0. The monoisotopic (exact) mass is 968 g/mol. The molecule has 0 bridgehead atoms. The van der Waals surface area contributed by atoms with E-state index in [0.717, 1.165) is 0 Å². The second-order valence-electron chi connectivity index (χ2n) is 9.01. The first-order valence-corrected chi connectivity index (χ1v) is 34.6. The van der Waals surface area contributed by atoms with Gasteiger partial charge >= 0.3 is 0 Å². The fourth-order valence-corrected chi connectivity index (χ4v) is 95.1. The standard InChI is InChI=1S/C18H33I5Si3/c19-25(20,21)26(22,23)24(16-10-4-1-5-11-16,17-12-6-2-7-13-17)18-14-8-3-9-15-18/h16-18H,1-15H2. The minimum absolute atomic E-state index is 1.19. The maximum atomic E-state index is 3.23. The van der Waals surface area contributed by atoms with Gasteiger partial charge in [0.15, 0.2) is 0 Å². The minimum Gasteiger partial charge on any atom is -0.109 e. The Balaban J connectivity index is 2.11. The second-order valence-corrected chi connectivity index (χ2v) is 96.7. The lowest BCUT2D eigenvalue weighted by molar-refractivity contribution is 0.424. The van der Waals surface area contributed by atoms with E-state index in [0.29, 0.717) is 0 Å². The van der Waals surface area contributed by atoms with Gasteiger partial charge in [-0.15, -0.1) is 43.6 Å². The van der Waals surface area contributed by atoms with Gasteiger partial charge in [0.25, 0.3) is 0.0813 Å². The van der Waals surface area contributed by atoms with Gasteiger partial charge in [0.2, 0.25) is 2.10 Å². The summed E-state index contributed by atoms with van der Waals surface area (Å²) >= 11 is 15.5. The van der Waals surface area contributed by atoms with Crippen molar-refractivity contribution < 1.29 is 0 Å². The molecule has 3 rings (SSSR count). The summed E-state index contributed by atoms with van der Waals surface area (Å²) in [5.41, 5.74) is 3.61. The minimum atomic E-state index is -1.30. The largest absolute Gasteiger partial charge is 0.261 e. The summed E-state index contributed by atoms with van der Waals surface area (Å²) in [6, 6.07) is 0. The lowest BCUT2D eigenvalue weighted by Crippen LogP contribution is -2.71. The molecule has 0 nitrogen and oxygen atoms in total. The highest BCUT2D eigenvalue weighted by atomic mass is 127. The molecule has 3 fully saturated rings. The van der Waals surface area contributed by atoms with E-state index in [1.165, 1.54) is 35.9 Å². The molecule has 0 radical (unpaired) electrons. The van der Waals surface area contributed by atoms with E-state index in [4.69, 9.17) is 0 Å². The van der Waals surface area contributed by atoms with Crippen molar-refractivity contribution in [3.63, 3.8) is 0 Å². The molecule has 0 N–H and O–H groups in total. The van der Waals surface area contributed by atoms with Crippen molar-refractivity contribution in [2.45, 2.75) is 113 Å². The molecular formula is C18H33I5Si3. The quantitative estimate of drug-likeness (QED) is 0.146. The van der Waals surface area contributed by atoms with E-state index >= 15 is 0 Å². The maximum Gasteiger partial charge on any atom is 0.261 e. The maximum absolute atomic E-state index is 3.23. The summed E-state index contributed by atoms with van der Waals surface area (Å²) in [6.45, 7) is 0. The molecule has 0 amide bonds. The molecule has 0 aromatic carbocycles. The van der Waals surface area contributed by atoms with Gasteiger partial charge in [0.1, 0.15) is 0 Å². The summed E-state index contributed by atoms with van der Waals surface area (Å²) in [4.78, 5) is 0. The predicted octanol–water partition coefficient (Wildman–Crippen LogP) is 10.2.